The first-order valence-corrected chi connectivity index (χ1v) is 22.5. The van der Waals surface area contributed by atoms with Crippen molar-refractivity contribution in [1.29, 1.82) is 0 Å². The number of rotatable bonds is 8. The van der Waals surface area contributed by atoms with Gasteiger partial charge in [0.25, 0.3) is 5.56 Å². The van der Waals surface area contributed by atoms with Crippen molar-refractivity contribution in [2.75, 3.05) is 48.3 Å². The van der Waals surface area contributed by atoms with Crippen LogP contribution in [0, 0.1) is 11.8 Å². The summed E-state index contributed by atoms with van der Waals surface area (Å²) in [5, 5.41) is 14.7. The zero-order valence-corrected chi connectivity index (χ0v) is 36.5. The van der Waals surface area contributed by atoms with Crippen LogP contribution in [0.15, 0.2) is 47.4 Å². The Bertz CT molecular complexity index is 2760. The van der Waals surface area contributed by atoms with Gasteiger partial charge in [0.1, 0.15) is 11.1 Å². The fraction of sp³-hybridized carbons (Fsp3) is 0.511. The summed E-state index contributed by atoms with van der Waals surface area (Å²) < 4.78 is 83.9. The maximum Gasteiger partial charge on any atom is 0.404 e. The molecule has 1 saturated carbocycles. The third-order valence-corrected chi connectivity index (χ3v) is 14.4. The number of nitrogens with zero attached hydrogens (tertiary/aromatic N) is 7. The van der Waals surface area contributed by atoms with Crippen LogP contribution in [0.2, 0.25) is 5.02 Å². The monoisotopic (exact) mass is 922 g/mol. The van der Waals surface area contributed by atoms with Gasteiger partial charge in [-0.2, -0.15) is 23.3 Å². The lowest BCUT2D eigenvalue weighted by Crippen LogP contribution is -2.55. The SMILES string of the molecule is Cn1nc(C2CCC(=O)NC2=O)c2ccc(C3CCN(C(C4CCN(c5ncc(Cl)c(Nc6ccc7c(c6)c6c(c(=O)n7C)OCC(F)(F)C(C7CC7)N6)n5)CC4)C(F)(F)F)CC3)cc21. The minimum Gasteiger partial charge on any atom is -0.480 e. The number of anilines is 4. The molecule has 2 amide bonds. The van der Waals surface area contributed by atoms with Crippen LogP contribution in [-0.4, -0.2) is 98.0 Å². The highest BCUT2D eigenvalue weighted by Gasteiger charge is 2.52. The summed E-state index contributed by atoms with van der Waals surface area (Å²) in [7, 11) is 3.35. The Morgan fingerprint density at radius 2 is 1.68 bits per heavy atom. The van der Waals surface area contributed by atoms with E-state index in [9.17, 15) is 27.6 Å². The van der Waals surface area contributed by atoms with Gasteiger partial charge >= 0.3 is 12.1 Å². The number of imide groups is 1. The highest BCUT2D eigenvalue weighted by molar-refractivity contribution is 6.33. The smallest absolute Gasteiger partial charge is 0.404 e. The minimum absolute atomic E-state index is 0.0572. The Hall–Kier alpha value is -5.56. The van der Waals surface area contributed by atoms with Crippen molar-refractivity contribution in [2.24, 2.45) is 25.9 Å². The molecule has 344 valence electrons. The number of likely N-dealkylation sites (tertiary alicyclic amines) is 1. The van der Waals surface area contributed by atoms with Crippen molar-refractivity contribution < 1.29 is 36.3 Å². The topological polar surface area (TPSA) is 152 Å². The number of alkyl halides is 5. The maximum atomic E-state index is 15.2. The third-order valence-electron chi connectivity index (χ3n) is 14.1. The largest absolute Gasteiger partial charge is 0.480 e. The Labute approximate surface area is 374 Å². The minimum atomic E-state index is -4.43. The van der Waals surface area contributed by atoms with E-state index >= 15 is 8.78 Å². The summed E-state index contributed by atoms with van der Waals surface area (Å²) in [6, 6.07) is 8.27. The molecule has 4 fully saturated rings. The standard InChI is InChI=1S/C45H48ClF5N10O4/c1-58-32-9-6-27(20-30(32)36-37(42(58)64)65-22-44(47,48)38(55-36)24-3-4-24)53-40-31(46)21-52-43(56-40)61-17-13-25(14-18-61)39(45(49,50)51)60-15-11-23(12-16-60)26-5-7-28-33(19-26)59(2)57-35(28)29-8-10-34(62)54-41(29)63/h5-7,9,19-21,23-25,29,38-39,55H,3-4,8,10-18,22H2,1-2H3,(H,52,53,56)(H,54,62,63). The highest BCUT2D eigenvalue weighted by atomic mass is 35.5. The average molecular weight is 923 g/mol. The second-order valence-corrected chi connectivity index (χ2v) is 18.6. The van der Waals surface area contributed by atoms with E-state index in [2.05, 4.69) is 31.0 Å². The number of nitrogens with one attached hydrogen (secondary N) is 3. The van der Waals surface area contributed by atoms with E-state index in [0.717, 1.165) is 16.5 Å². The number of hydrogen-bond donors (Lipinski definition) is 3. The molecule has 1 aliphatic carbocycles. The van der Waals surface area contributed by atoms with Crippen LogP contribution < -0.4 is 31.1 Å². The number of carbonyl (C=O) groups is 2. The van der Waals surface area contributed by atoms with E-state index in [-0.39, 0.29) is 65.2 Å². The fourth-order valence-corrected chi connectivity index (χ4v) is 10.6. The van der Waals surface area contributed by atoms with Gasteiger partial charge in [0, 0.05) is 50.1 Å². The summed E-state index contributed by atoms with van der Waals surface area (Å²) in [5.74, 6) is -4.81. The van der Waals surface area contributed by atoms with Gasteiger partial charge in [-0.15, -0.1) is 0 Å². The van der Waals surface area contributed by atoms with Crippen LogP contribution in [0.5, 0.6) is 5.75 Å². The van der Waals surface area contributed by atoms with E-state index in [0.29, 0.717) is 86.5 Å². The summed E-state index contributed by atoms with van der Waals surface area (Å²) in [5.41, 5.74) is 3.13. The first kappa shape index (κ1) is 43.3. The number of benzene rings is 2. The Morgan fingerprint density at radius 3 is 2.38 bits per heavy atom. The summed E-state index contributed by atoms with van der Waals surface area (Å²) in [6.07, 6.45) is 0.595. The highest BCUT2D eigenvalue weighted by Crippen LogP contribution is 2.46. The van der Waals surface area contributed by atoms with Gasteiger partial charge in [-0.3, -0.25) is 29.3 Å². The molecule has 14 nitrogen and oxygen atoms in total. The predicted octanol–water partition coefficient (Wildman–Crippen LogP) is 7.38. The lowest BCUT2D eigenvalue weighted by atomic mass is 9.84. The number of fused-ring (bicyclic) bond motifs is 4. The fourth-order valence-electron chi connectivity index (χ4n) is 10.5. The molecule has 3 atom stereocenters. The second-order valence-electron chi connectivity index (χ2n) is 18.2. The molecule has 3 aromatic heterocycles. The lowest BCUT2D eigenvalue weighted by molar-refractivity contribution is -0.202. The molecule has 4 aliphatic heterocycles. The Balaban J connectivity index is 0.808. The summed E-state index contributed by atoms with van der Waals surface area (Å²) >= 11 is 6.58. The van der Waals surface area contributed by atoms with Gasteiger partial charge in [0.2, 0.25) is 23.5 Å². The molecule has 3 unspecified atom stereocenters. The third kappa shape index (κ3) is 8.12. The van der Waals surface area contributed by atoms with E-state index in [1.165, 1.54) is 10.8 Å². The van der Waals surface area contributed by atoms with Gasteiger partial charge in [-0.05, 0) is 106 Å². The van der Waals surface area contributed by atoms with Crippen molar-refractivity contribution in [3.8, 4) is 5.75 Å². The normalized spacial score (nSPS) is 22.9. The van der Waals surface area contributed by atoms with E-state index in [4.69, 9.17) is 16.3 Å². The van der Waals surface area contributed by atoms with Crippen molar-refractivity contribution in [1.82, 2.24) is 34.5 Å². The van der Waals surface area contributed by atoms with Crippen molar-refractivity contribution >= 4 is 68.4 Å². The zero-order chi connectivity index (χ0) is 45.5. The van der Waals surface area contributed by atoms with Crippen LogP contribution in [0.4, 0.5) is 45.1 Å². The number of piperidine rings is 3. The molecule has 3 N–H and O–H groups in total. The van der Waals surface area contributed by atoms with Crippen molar-refractivity contribution in [3.05, 3.63) is 69.2 Å². The molecule has 10 rings (SSSR count). The molecule has 65 heavy (non-hydrogen) atoms. The molecule has 20 heteroatoms. The zero-order valence-electron chi connectivity index (χ0n) is 35.7. The number of aryl methyl sites for hydroxylation is 2. The molecule has 5 aliphatic rings. The van der Waals surface area contributed by atoms with Gasteiger partial charge < -0.3 is 24.8 Å². The Kier molecular flexibility index (Phi) is 10.9. The maximum absolute atomic E-state index is 15.2. The van der Waals surface area contributed by atoms with Crippen LogP contribution >= 0.6 is 11.6 Å². The predicted molar refractivity (Wildman–Crippen MR) is 234 cm³/mol. The Morgan fingerprint density at radius 1 is 0.923 bits per heavy atom. The molecular weight excluding hydrogens is 875 g/mol. The molecular formula is C45H48ClF5N10O4. The lowest BCUT2D eigenvalue weighted by Gasteiger charge is -2.44. The molecule has 0 bridgehead atoms. The number of amides is 2. The molecule has 2 aromatic carbocycles. The molecule has 0 spiro atoms. The second kappa shape index (κ2) is 16.4. The molecule has 5 aromatic rings. The number of hydrogen-bond acceptors (Lipinski definition) is 11. The van der Waals surface area contributed by atoms with E-state index < -0.39 is 48.2 Å². The van der Waals surface area contributed by atoms with Gasteiger partial charge in [-0.1, -0.05) is 23.7 Å². The van der Waals surface area contributed by atoms with Crippen LogP contribution in [0.3, 0.4) is 0 Å². The summed E-state index contributed by atoms with van der Waals surface area (Å²) in [6.45, 7) is 0.271. The first-order valence-electron chi connectivity index (χ1n) is 22.1. The van der Waals surface area contributed by atoms with Crippen LogP contribution in [0.1, 0.15) is 74.5 Å². The molecule has 7 heterocycles. The van der Waals surface area contributed by atoms with Crippen LogP contribution in [0.25, 0.3) is 21.8 Å². The van der Waals surface area contributed by atoms with Gasteiger partial charge in [0.05, 0.1) is 40.6 Å². The number of aromatic nitrogens is 5. The van der Waals surface area contributed by atoms with Gasteiger partial charge in [-0.25, -0.2) is 13.8 Å². The van der Waals surface area contributed by atoms with E-state index in [1.54, 1.807) is 41.9 Å². The van der Waals surface area contributed by atoms with Crippen molar-refractivity contribution in [2.45, 2.75) is 87.4 Å². The first-order chi connectivity index (χ1) is 31.0. The molecule has 0 radical (unpaired) electrons. The number of carbonyl (C=O) groups excluding carboxylic acids is 2. The quantitative estimate of drug-likeness (QED) is 0.106. The number of halogens is 6. The van der Waals surface area contributed by atoms with E-state index in [1.807, 2.05) is 23.1 Å². The summed E-state index contributed by atoms with van der Waals surface area (Å²) in [4.78, 5) is 50.2. The van der Waals surface area contributed by atoms with Gasteiger partial charge in [0.15, 0.2) is 12.4 Å². The average Bonchev–Trinajstić information content (AvgIpc) is 4.08. The number of ether oxygens (including phenoxy) is 1. The number of pyridine rings is 1. The van der Waals surface area contributed by atoms with Crippen molar-refractivity contribution in [3.63, 3.8) is 0 Å². The molecule has 3 saturated heterocycles. The van der Waals surface area contributed by atoms with Crippen LogP contribution in [-0.2, 0) is 23.7 Å².